The van der Waals surface area contributed by atoms with Crippen molar-refractivity contribution in [1.82, 2.24) is 9.97 Å². The van der Waals surface area contributed by atoms with Crippen molar-refractivity contribution in [3.05, 3.63) is 112 Å². The van der Waals surface area contributed by atoms with Crippen LogP contribution < -0.4 is 5.56 Å². The van der Waals surface area contributed by atoms with Crippen molar-refractivity contribution in [2.75, 3.05) is 0 Å². The Morgan fingerprint density at radius 3 is 2.30 bits per heavy atom. The minimum atomic E-state index is -2.31. The second kappa shape index (κ2) is 9.10. The van der Waals surface area contributed by atoms with Crippen molar-refractivity contribution in [1.29, 1.82) is 0 Å². The third kappa shape index (κ3) is 4.77. The molecule has 1 atom stereocenters. The van der Waals surface area contributed by atoms with Gasteiger partial charge in [-0.15, -0.1) is 0 Å². The van der Waals surface area contributed by atoms with Crippen molar-refractivity contribution in [3.8, 4) is 22.5 Å². The van der Waals surface area contributed by atoms with Crippen molar-refractivity contribution < 1.29 is 8.78 Å². The van der Waals surface area contributed by atoms with Crippen LogP contribution in [0.2, 0.25) is 0 Å². The molecule has 3 nitrogen and oxygen atoms in total. The molecule has 0 aliphatic carbocycles. The number of benzene rings is 3. The van der Waals surface area contributed by atoms with Crippen LogP contribution in [0.5, 0.6) is 0 Å². The van der Waals surface area contributed by atoms with Gasteiger partial charge in [-0.25, -0.2) is 13.8 Å². The van der Waals surface area contributed by atoms with Crippen LogP contribution in [0.1, 0.15) is 37.6 Å². The zero-order valence-electron chi connectivity index (χ0n) is 18.9. The van der Waals surface area contributed by atoms with Crippen LogP contribution in [0.15, 0.2) is 83.7 Å². The Kier molecular flexibility index (Phi) is 6.23. The first kappa shape index (κ1) is 22.6. The lowest BCUT2D eigenvalue weighted by molar-refractivity contribution is 0.235. The summed E-state index contributed by atoms with van der Waals surface area (Å²) < 4.78 is 31.8. The molecule has 0 radical (unpaired) electrons. The predicted octanol–water partition coefficient (Wildman–Crippen LogP) is 6.67. The van der Waals surface area contributed by atoms with E-state index in [1.54, 1.807) is 36.4 Å². The summed E-state index contributed by atoms with van der Waals surface area (Å²) in [5.41, 5.74) is -0.334. The van der Waals surface area contributed by atoms with Crippen LogP contribution in [0, 0.1) is 11.7 Å². The van der Waals surface area contributed by atoms with Crippen LogP contribution in [-0.4, -0.2) is 9.97 Å². The third-order valence-electron chi connectivity index (χ3n) is 5.68. The molecule has 1 aromatic heterocycles. The van der Waals surface area contributed by atoms with Gasteiger partial charge in [0.2, 0.25) is 0 Å². The number of rotatable bonds is 6. The third-order valence-corrected chi connectivity index (χ3v) is 5.68. The standard InChI is InChI=1S/C28H26F2N2O/c1-18(2)16-19-12-14-20(15-13-19)22-10-7-11-23(26(22)29)28(3,30)24-17-25(33)32-27(31-24)21-8-5-4-6-9-21/h4-15,17-18H,16H2,1-3H3,(H,31,32,33). The van der Waals surface area contributed by atoms with Gasteiger partial charge < -0.3 is 4.98 Å². The highest BCUT2D eigenvalue weighted by Gasteiger charge is 2.35. The fourth-order valence-corrected chi connectivity index (χ4v) is 3.98. The second-order valence-electron chi connectivity index (χ2n) is 8.81. The number of halogens is 2. The summed E-state index contributed by atoms with van der Waals surface area (Å²) in [5.74, 6) is 0.0900. The first-order chi connectivity index (χ1) is 15.8. The highest BCUT2D eigenvalue weighted by molar-refractivity contribution is 5.66. The Bertz CT molecular complexity index is 1310. The van der Waals surface area contributed by atoms with E-state index in [1.807, 2.05) is 30.3 Å². The predicted molar refractivity (Wildman–Crippen MR) is 128 cm³/mol. The normalized spacial score (nSPS) is 13.2. The van der Waals surface area contributed by atoms with Crippen LogP contribution in [0.25, 0.3) is 22.5 Å². The maximum atomic E-state index is 16.1. The molecule has 0 amide bonds. The molecular formula is C28H26F2N2O. The molecule has 33 heavy (non-hydrogen) atoms. The van der Waals surface area contributed by atoms with Gasteiger partial charge in [0.25, 0.3) is 5.56 Å². The summed E-state index contributed by atoms with van der Waals surface area (Å²) in [7, 11) is 0. The Morgan fingerprint density at radius 1 is 0.939 bits per heavy atom. The number of nitrogens with one attached hydrogen (secondary N) is 1. The zero-order valence-corrected chi connectivity index (χ0v) is 18.9. The van der Waals surface area contributed by atoms with Crippen molar-refractivity contribution in [2.45, 2.75) is 32.9 Å². The van der Waals surface area contributed by atoms with Gasteiger partial charge in [-0.2, -0.15) is 0 Å². The summed E-state index contributed by atoms with van der Waals surface area (Å²) in [4.78, 5) is 19.3. The second-order valence-corrected chi connectivity index (χ2v) is 8.81. The number of hydrogen-bond acceptors (Lipinski definition) is 2. The van der Waals surface area contributed by atoms with E-state index in [0.717, 1.165) is 12.5 Å². The largest absolute Gasteiger partial charge is 0.307 e. The van der Waals surface area contributed by atoms with E-state index in [2.05, 4.69) is 23.8 Å². The van der Waals surface area contributed by atoms with E-state index in [1.165, 1.54) is 18.6 Å². The van der Waals surface area contributed by atoms with Crippen LogP contribution in [0.3, 0.4) is 0 Å². The topological polar surface area (TPSA) is 45.8 Å². The highest BCUT2D eigenvalue weighted by atomic mass is 19.1. The minimum absolute atomic E-state index is 0.145. The van der Waals surface area contributed by atoms with Crippen molar-refractivity contribution in [2.24, 2.45) is 5.92 Å². The Hall–Kier alpha value is -3.60. The molecule has 1 heterocycles. The molecule has 0 saturated heterocycles. The molecule has 5 heteroatoms. The molecule has 4 rings (SSSR count). The molecule has 0 aliphatic rings. The summed E-state index contributed by atoms with van der Waals surface area (Å²) in [6, 6.07) is 22.4. The van der Waals surface area contributed by atoms with Gasteiger partial charge in [0.1, 0.15) is 11.6 Å². The van der Waals surface area contributed by atoms with Crippen molar-refractivity contribution >= 4 is 0 Å². The van der Waals surface area contributed by atoms with Gasteiger partial charge in [-0.05, 0) is 30.4 Å². The first-order valence-corrected chi connectivity index (χ1v) is 11.0. The van der Waals surface area contributed by atoms with E-state index < -0.39 is 17.0 Å². The van der Waals surface area contributed by atoms with Gasteiger partial charge in [0.15, 0.2) is 5.67 Å². The molecule has 0 bridgehead atoms. The highest BCUT2D eigenvalue weighted by Crippen LogP contribution is 2.37. The average Bonchev–Trinajstić information content (AvgIpc) is 2.79. The van der Waals surface area contributed by atoms with Gasteiger partial charge in [-0.1, -0.05) is 86.6 Å². The molecular weight excluding hydrogens is 418 g/mol. The molecule has 1 N–H and O–H groups in total. The van der Waals surface area contributed by atoms with Crippen LogP contribution in [-0.2, 0) is 12.1 Å². The minimum Gasteiger partial charge on any atom is -0.307 e. The van der Waals surface area contributed by atoms with E-state index >= 15 is 8.78 Å². The van der Waals surface area contributed by atoms with E-state index in [4.69, 9.17) is 0 Å². The summed E-state index contributed by atoms with van der Waals surface area (Å²) in [6.07, 6.45) is 0.934. The number of alkyl halides is 1. The number of nitrogens with zero attached hydrogens (tertiary/aromatic N) is 1. The smallest absolute Gasteiger partial charge is 0.251 e. The lowest BCUT2D eigenvalue weighted by atomic mass is 9.90. The van der Waals surface area contributed by atoms with Gasteiger partial charge in [0, 0.05) is 22.8 Å². The average molecular weight is 445 g/mol. The maximum absolute atomic E-state index is 16.1. The molecule has 168 valence electrons. The molecule has 0 spiro atoms. The van der Waals surface area contributed by atoms with E-state index in [-0.39, 0.29) is 17.1 Å². The van der Waals surface area contributed by atoms with Gasteiger partial charge in [-0.3, -0.25) is 4.79 Å². The first-order valence-electron chi connectivity index (χ1n) is 11.0. The summed E-state index contributed by atoms with van der Waals surface area (Å²) >= 11 is 0. The zero-order chi connectivity index (χ0) is 23.6. The summed E-state index contributed by atoms with van der Waals surface area (Å²) in [6.45, 7) is 5.52. The Labute approximate surface area is 192 Å². The number of H-pyrrole nitrogens is 1. The SMILES string of the molecule is CC(C)Cc1ccc(-c2cccc(C(C)(F)c3cc(=O)[nH]c(-c4ccccc4)n3)c2F)cc1. The Balaban J connectivity index is 1.75. The lowest BCUT2D eigenvalue weighted by Gasteiger charge is -2.22. The number of aromatic nitrogens is 2. The molecule has 0 aliphatic heterocycles. The lowest BCUT2D eigenvalue weighted by Crippen LogP contribution is -2.24. The fourth-order valence-electron chi connectivity index (χ4n) is 3.98. The number of aromatic amines is 1. The fraction of sp³-hybridized carbons (Fsp3) is 0.214. The quantitative estimate of drug-likeness (QED) is 0.361. The monoisotopic (exact) mass is 444 g/mol. The molecule has 0 saturated carbocycles. The van der Waals surface area contributed by atoms with E-state index in [0.29, 0.717) is 22.6 Å². The van der Waals surface area contributed by atoms with Crippen molar-refractivity contribution in [3.63, 3.8) is 0 Å². The van der Waals surface area contributed by atoms with Crippen LogP contribution in [0.4, 0.5) is 8.78 Å². The van der Waals surface area contributed by atoms with Gasteiger partial charge >= 0.3 is 0 Å². The molecule has 0 fully saturated rings. The maximum Gasteiger partial charge on any atom is 0.251 e. The van der Waals surface area contributed by atoms with Crippen LogP contribution >= 0.6 is 0 Å². The molecule has 3 aromatic carbocycles. The molecule has 4 aromatic rings. The Morgan fingerprint density at radius 2 is 1.64 bits per heavy atom. The number of hydrogen-bond donors (Lipinski definition) is 1. The summed E-state index contributed by atoms with van der Waals surface area (Å²) in [5, 5.41) is 0. The molecule has 1 unspecified atom stereocenters. The van der Waals surface area contributed by atoms with Gasteiger partial charge in [0.05, 0.1) is 5.69 Å². The van der Waals surface area contributed by atoms with E-state index in [9.17, 15) is 4.79 Å².